The van der Waals surface area contributed by atoms with Crippen LogP contribution in [0.2, 0.25) is 0 Å². The van der Waals surface area contributed by atoms with Crippen molar-refractivity contribution in [2.75, 3.05) is 31.2 Å². The zero-order valence-corrected chi connectivity index (χ0v) is 16.5. The van der Waals surface area contributed by atoms with E-state index in [0.717, 1.165) is 37.6 Å². The molecular formula is C19H27N3O4S. The Morgan fingerprint density at radius 3 is 2.48 bits per heavy atom. The standard InChI is InChI=1S/C19H27N3O4S/c1-27(25,26)22-13-6-5-11-17(22)19(24)21-12-7-8-15(14-21)18(23)20-16-9-3-2-4-10-16/h2-4,9-10,15,17H,5-8,11-14H2,1H3,(H,20,23). The zero-order chi connectivity index (χ0) is 19.4. The van der Waals surface area contributed by atoms with Crippen LogP contribution in [-0.4, -0.2) is 61.4 Å². The third kappa shape index (κ3) is 4.87. The van der Waals surface area contributed by atoms with E-state index in [1.165, 1.54) is 4.31 Å². The highest BCUT2D eigenvalue weighted by Crippen LogP contribution is 2.25. The van der Waals surface area contributed by atoms with Crippen LogP contribution in [0.1, 0.15) is 32.1 Å². The molecule has 1 aromatic rings. The smallest absolute Gasteiger partial charge is 0.241 e. The van der Waals surface area contributed by atoms with Gasteiger partial charge in [0.1, 0.15) is 6.04 Å². The first-order chi connectivity index (χ1) is 12.9. The predicted octanol–water partition coefficient (Wildman–Crippen LogP) is 1.68. The quantitative estimate of drug-likeness (QED) is 0.843. The first-order valence-electron chi connectivity index (χ1n) is 9.48. The highest BCUT2D eigenvalue weighted by Gasteiger charge is 2.38. The fourth-order valence-corrected chi connectivity index (χ4v) is 5.04. The molecule has 2 heterocycles. The van der Waals surface area contributed by atoms with Crippen LogP contribution in [0.4, 0.5) is 5.69 Å². The molecule has 2 aliphatic rings. The van der Waals surface area contributed by atoms with Gasteiger partial charge in [0.15, 0.2) is 0 Å². The Kier molecular flexibility index (Phi) is 6.16. The van der Waals surface area contributed by atoms with Crippen LogP contribution in [-0.2, 0) is 19.6 Å². The molecule has 2 saturated heterocycles. The van der Waals surface area contributed by atoms with E-state index in [0.29, 0.717) is 26.1 Å². The molecule has 2 amide bonds. The highest BCUT2D eigenvalue weighted by molar-refractivity contribution is 7.88. The number of nitrogens with one attached hydrogen (secondary N) is 1. The maximum atomic E-state index is 13.0. The summed E-state index contributed by atoms with van der Waals surface area (Å²) in [5.41, 5.74) is 0.737. The highest BCUT2D eigenvalue weighted by atomic mass is 32.2. The predicted molar refractivity (Wildman–Crippen MR) is 104 cm³/mol. The molecule has 7 nitrogen and oxygen atoms in total. The summed E-state index contributed by atoms with van der Waals surface area (Å²) in [6, 6.07) is 8.62. The summed E-state index contributed by atoms with van der Waals surface area (Å²) in [5, 5.41) is 2.90. The van der Waals surface area contributed by atoms with Crippen molar-refractivity contribution in [3.63, 3.8) is 0 Å². The number of piperidine rings is 2. The van der Waals surface area contributed by atoms with Gasteiger partial charge in [0, 0.05) is 25.3 Å². The molecule has 0 saturated carbocycles. The molecule has 8 heteroatoms. The Morgan fingerprint density at radius 1 is 1.04 bits per heavy atom. The number of likely N-dealkylation sites (tertiary alicyclic amines) is 1. The number of anilines is 1. The second-order valence-electron chi connectivity index (χ2n) is 7.36. The summed E-state index contributed by atoms with van der Waals surface area (Å²) >= 11 is 0. The lowest BCUT2D eigenvalue weighted by molar-refractivity contribution is -0.139. The van der Waals surface area contributed by atoms with Gasteiger partial charge in [-0.15, -0.1) is 0 Å². The van der Waals surface area contributed by atoms with Gasteiger partial charge in [0.2, 0.25) is 21.8 Å². The summed E-state index contributed by atoms with van der Waals surface area (Å²) in [6.07, 6.45) is 4.79. The Labute approximate surface area is 160 Å². The first-order valence-corrected chi connectivity index (χ1v) is 11.3. The number of carbonyl (C=O) groups is 2. The lowest BCUT2D eigenvalue weighted by Gasteiger charge is -2.39. The van der Waals surface area contributed by atoms with Gasteiger partial charge in [-0.3, -0.25) is 9.59 Å². The van der Waals surface area contributed by atoms with Crippen molar-refractivity contribution in [1.29, 1.82) is 0 Å². The van der Waals surface area contributed by atoms with E-state index in [4.69, 9.17) is 0 Å². The van der Waals surface area contributed by atoms with Crippen LogP contribution >= 0.6 is 0 Å². The fraction of sp³-hybridized carbons (Fsp3) is 0.579. The third-order valence-corrected chi connectivity index (χ3v) is 6.60. The molecule has 148 valence electrons. The number of hydrogen-bond acceptors (Lipinski definition) is 4. The Morgan fingerprint density at radius 2 is 1.78 bits per heavy atom. The van der Waals surface area contributed by atoms with Crippen LogP contribution < -0.4 is 5.32 Å². The van der Waals surface area contributed by atoms with Crippen LogP contribution in [0.15, 0.2) is 30.3 Å². The van der Waals surface area contributed by atoms with Crippen molar-refractivity contribution in [2.45, 2.75) is 38.1 Å². The first kappa shape index (κ1) is 19.8. The second kappa shape index (κ2) is 8.39. The number of sulfonamides is 1. The summed E-state index contributed by atoms with van der Waals surface area (Å²) in [4.78, 5) is 27.3. The lowest BCUT2D eigenvalue weighted by atomic mass is 9.95. The topological polar surface area (TPSA) is 86.8 Å². The molecule has 1 aromatic carbocycles. The number of rotatable bonds is 4. The van der Waals surface area contributed by atoms with Gasteiger partial charge >= 0.3 is 0 Å². The maximum absolute atomic E-state index is 13.0. The number of benzene rings is 1. The molecule has 3 rings (SSSR count). The molecule has 0 aromatic heterocycles. The van der Waals surface area contributed by atoms with Gasteiger partial charge in [0.05, 0.1) is 12.2 Å². The third-order valence-electron chi connectivity index (χ3n) is 5.31. The van der Waals surface area contributed by atoms with Crippen LogP contribution in [0.25, 0.3) is 0 Å². The average molecular weight is 394 g/mol. The van der Waals surface area contributed by atoms with Gasteiger partial charge in [-0.25, -0.2) is 8.42 Å². The van der Waals surface area contributed by atoms with E-state index in [2.05, 4.69) is 5.32 Å². The minimum absolute atomic E-state index is 0.0951. The minimum atomic E-state index is -3.42. The summed E-state index contributed by atoms with van der Waals surface area (Å²) in [6.45, 7) is 1.30. The van der Waals surface area contributed by atoms with Crippen LogP contribution in [0, 0.1) is 5.92 Å². The molecule has 27 heavy (non-hydrogen) atoms. The molecule has 2 unspecified atom stereocenters. The summed E-state index contributed by atoms with van der Waals surface area (Å²) in [7, 11) is -3.42. The van der Waals surface area contributed by atoms with E-state index in [1.807, 2.05) is 30.3 Å². The maximum Gasteiger partial charge on any atom is 0.241 e. The van der Waals surface area contributed by atoms with Crippen molar-refractivity contribution in [2.24, 2.45) is 5.92 Å². The fourth-order valence-electron chi connectivity index (χ4n) is 3.92. The van der Waals surface area contributed by atoms with E-state index in [1.54, 1.807) is 4.90 Å². The monoisotopic (exact) mass is 393 g/mol. The SMILES string of the molecule is CS(=O)(=O)N1CCCCC1C(=O)N1CCCC(C(=O)Nc2ccccc2)C1. The molecule has 2 fully saturated rings. The molecule has 2 atom stereocenters. The van der Waals surface area contributed by atoms with Gasteiger partial charge in [-0.05, 0) is 37.8 Å². The van der Waals surface area contributed by atoms with Gasteiger partial charge < -0.3 is 10.2 Å². The molecule has 0 spiro atoms. The minimum Gasteiger partial charge on any atom is -0.341 e. The Bertz CT molecular complexity index is 781. The number of hydrogen-bond donors (Lipinski definition) is 1. The molecule has 2 aliphatic heterocycles. The summed E-state index contributed by atoms with van der Waals surface area (Å²) < 4.78 is 25.4. The Balaban J connectivity index is 1.66. The summed E-state index contributed by atoms with van der Waals surface area (Å²) in [5.74, 6) is -0.544. The Hall–Kier alpha value is -1.93. The number of carbonyl (C=O) groups excluding carboxylic acids is 2. The average Bonchev–Trinajstić information content (AvgIpc) is 2.67. The number of para-hydroxylation sites is 1. The molecular weight excluding hydrogens is 366 g/mol. The molecule has 1 N–H and O–H groups in total. The second-order valence-corrected chi connectivity index (χ2v) is 9.30. The van der Waals surface area contributed by atoms with E-state index in [-0.39, 0.29) is 17.7 Å². The lowest BCUT2D eigenvalue weighted by Crippen LogP contribution is -2.55. The van der Waals surface area contributed by atoms with Crippen LogP contribution in [0.3, 0.4) is 0 Å². The van der Waals surface area contributed by atoms with Crippen molar-refractivity contribution < 1.29 is 18.0 Å². The zero-order valence-electron chi connectivity index (χ0n) is 15.6. The molecule has 0 bridgehead atoms. The van der Waals surface area contributed by atoms with Crippen molar-refractivity contribution in [1.82, 2.24) is 9.21 Å². The number of amides is 2. The van der Waals surface area contributed by atoms with Gasteiger partial charge in [-0.2, -0.15) is 4.31 Å². The van der Waals surface area contributed by atoms with E-state index >= 15 is 0 Å². The van der Waals surface area contributed by atoms with Crippen LogP contribution in [0.5, 0.6) is 0 Å². The number of nitrogens with zero attached hydrogens (tertiary/aromatic N) is 2. The van der Waals surface area contributed by atoms with Crippen molar-refractivity contribution in [3.05, 3.63) is 30.3 Å². The largest absolute Gasteiger partial charge is 0.341 e. The molecule has 0 aliphatic carbocycles. The van der Waals surface area contributed by atoms with E-state index < -0.39 is 16.1 Å². The van der Waals surface area contributed by atoms with E-state index in [9.17, 15) is 18.0 Å². The van der Waals surface area contributed by atoms with Gasteiger partial charge in [0.25, 0.3) is 0 Å². The van der Waals surface area contributed by atoms with Gasteiger partial charge in [-0.1, -0.05) is 24.6 Å². The van der Waals surface area contributed by atoms with Crippen molar-refractivity contribution in [3.8, 4) is 0 Å². The van der Waals surface area contributed by atoms with Crippen molar-refractivity contribution >= 4 is 27.5 Å². The normalized spacial score (nSPS) is 24.4. The molecule has 0 radical (unpaired) electrons.